The van der Waals surface area contributed by atoms with Crippen LogP contribution in [0.1, 0.15) is 26.5 Å². The first-order chi connectivity index (χ1) is 8.54. The predicted octanol–water partition coefficient (Wildman–Crippen LogP) is -0.0281. The molecule has 0 aliphatic rings. The Labute approximate surface area is 110 Å². The first kappa shape index (κ1) is 14.2. The highest BCUT2D eigenvalue weighted by Crippen LogP contribution is 2.20. The molecule has 1 rings (SSSR count). The Hall–Kier alpha value is -1.84. The molecule has 0 saturated carbocycles. The summed E-state index contributed by atoms with van der Waals surface area (Å²) < 4.78 is 0. The second-order valence-electron chi connectivity index (χ2n) is 3.60. The second-order valence-corrected chi connectivity index (χ2v) is 4.65. The van der Waals surface area contributed by atoms with Crippen LogP contribution in [0.15, 0.2) is 6.07 Å². The quantitative estimate of drug-likeness (QED) is 0.667. The van der Waals surface area contributed by atoms with Gasteiger partial charge in [0, 0.05) is 13.0 Å². The molecule has 5 N–H and O–H groups in total. The molecule has 96 valence electrons. The maximum Gasteiger partial charge on any atom is 0.261 e. The lowest BCUT2D eigenvalue weighted by atomic mass is 10.2. The zero-order valence-corrected chi connectivity index (χ0v) is 10.9. The highest BCUT2D eigenvalue weighted by molar-refractivity contribution is 7.14. The summed E-state index contributed by atoms with van der Waals surface area (Å²) in [4.78, 5) is 23.7. The fourth-order valence-corrected chi connectivity index (χ4v) is 2.20. The van der Waals surface area contributed by atoms with Crippen molar-refractivity contribution < 1.29 is 9.59 Å². The zero-order valence-electron chi connectivity index (χ0n) is 10.1. The van der Waals surface area contributed by atoms with Crippen molar-refractivity contribution in [3.05, 3.63) is 21.4 Å². The highest BCUT2D eigenvalue weighted by Gasteiger charge is 2.11. The molecule has 18 heavy (non-hydrogen) atoms. The van der Waals surface area contributed by atoms with Gasteiger partial charge in [0.1, 0.15) is 0 Å². The number of rotatable bonds is 4. The SMILES string of the molecule is Cc1cc(C(=O)NCCC(N)=O)sc1C#CCN. The molecule has 0 unspecified atom stereocenters. The van der Waals surface area contributed by atoms with Crippen molar-refractivity contribution in [3.8, 4) is 11.8 Å². The van der Waals surface area contributed by atoms with E-state index in [1.54, 1.807) is 6.07 Å². The number of carbonyl (C=O) groups excluding carboxylic acids is 2. The van der Waals surface area contributed by atoms with Crippen molar-refractivity contribution in [2.24, 2.45) is 11.5 Å². The number of nitrogens with one attached hydrogen (secondary N) is 1. The molecule has 6 heteroatoms. The molecule has 0 atom stereocenters. The number of carbonyl (C=O) groups is 2. The lowest BCUT2D eigenvalue weighted by molar-refractivity contribution is -0.117. The van der Waals surface area contributed by atoms with Gasteiger partial charge in [0.25, 0.3) is 5.91 Å². The van der Waals surface area contributed by atoms with E-state index in [4.69, 9.17) is 11.5 Å². The molecule has 2 amide bonds. The Kier molecular flexibility index (Phi) is 5.36. The minimum absolute atomic E-state index is 0.135. The average Bonchev–Trinajstić information content (AvgIpc) is 2.67. The maximum absolute atomic E-state index is 11.7. The van der Waals surface area contributed by atoms with Crippen LogP contribution in [0, 0.1) is 18.8 Å². The lowest BCUT2D eigenvalue weighted by Crippen LogP contribution is -2.27. The summed E-state index contributed by atoms with van der Waals surface area (Å²) >= 11 is 1.31. The van der Waals surface area contributed by atoms with E-state index in [9.17, 15) is 9.59 Å². The number of primary amides is 1. The molecule has 0 aliphatic carbocycles. The monoisotopic (exact) mass is 265 g/mol. The van der Waals surface area contributed by atoms with Gasteiger partial charge >= 0.3 is 0 Å². The van der Waals surface area contributed by atoms with Gasteiger partial charge in [0.05, 0.1) is 16.3 Å². The van der Waals surface area contributed by atoms with Gasteiger partial charge in [-0.1, -0.05) is 11.8 Å². The summed E-state index contributed by atoms with van der Waals surface area (Å²) in [5.41, 5.74) is 11.2. The minimum atomic E-state index is -0.438. The smallest absolute Gasteiger partial charge is 0.261 e. The van der Waals surface area contributed by atoms with Crippen molar-refractivity contribution in [1.82, 2.24) is 5.32 Å². The number of hydrogen-bond donors (Lipinski definition) is 3. The van der Waals surface area contributed by atoms with Gasteiger partial charge in [-0.3, -0.25) is 9.59 Å². The highest BCUT2D eigenvalue weighted by atomic mass is 32.1. The maximum atomic E-state index is 11.7. The number of nitrogens with two attached hydrogens (primary N) is 2. The van der Waals surface area contributed by atoms with Gasteiger partial charge in [-0.2, -0.15) is 0 Å². The van der Waals surface area contributed by atoms with Crippen LogP contribution < -0.4 is 16.8 Å². The molecule has 5 nitrogen and oxygen atoms in total. The standard InChI is InChI=1S/C12H15N3O2S/c1-8-7-10(18-9(8)3-2-5-13)12(17)15-6-4-11(14)16/h7H,4-6,13H2,1H3,(H2,14,16)(H,15,17). The number of hydrogen-bond acceptors (Lipinski definition) is 4. The van der Waals surface area contributed by atoms with E-state index in [1.165, 1.54) is 11.3 Å². The largest absolute Gasteiger partial charge is 0.370 e. The second kappa shape index (κ2) is 6.79. The Morgan fingerprint density at radius 3 is 2.83 bits per heavy atom. The van der Waals surface area contributed by atoms with Gasteiger partial charge in [-0.25, -0.2) is 0 Å². The van der Waals surface area contributed by atoms with Crippen LogP contribution in [-0.2, 0) is 4.79 Å². The Morgan fingerprint density at radius 1 is 1.50 bits per heavy atom. The summed E-state index contributed by atoms with van der Waals surface area (Å²) in [5, 5.41) is 2.62. The van der Waals surface area contributed by atoms with Crippen LogP contribution in [0.5, 0.6) is 0 Å². The molecular formula is C12H15N3O2S. The normalized spacial score (nSPS) is 9.44. The van der Waals surface area contributed by atoms with Crippen LogP contribution in [0.25, 0.3) is 0 Å². The van der Waals surface area contributed by atoms with Crippen LogP contribution in [0.2, 0.25) is 0 Å². The molecule has 1 aromatic rings. The van der Waals surface area contributed by atoms with E-state index in [1.807, 2.05) is 6.92 Å². The van der Waals surface area contributed by atoms with E-state index in [2.05, 4.69) is 17.2 Å². The summed E-state index contributed by atoms with van der Waals surface area (Å²) in [6.45, 7) is 2.42. The van der Waals surface area contributed by atoms with Gasteiger partial charge in [0.2, 0.25) is 5.91 Å². The van der Waals surface area contributed by atoms with Crippen molar-refractivity contribution >= 4 is 23.2 Å². The van der Waals surface area contributed by atoms with Crippen LogP contribution >= 0.6 is 11.3 Å². The molecule has 0 aromatic carbocycles. The van der Waals surface area contributed by atoms with Gasteiger partial charge in [-0.15, -0.1) is 11.3 Å². The summed E-state index contributed by atoms with van der Waals surface area (Å²) in [6.07, 6.45) is 0.135. The summed E-state index contributed by atoms with van der Waals surface area (Å²) in [6, 6.07) is 1.77. The van der Waals surface area contributed by atoms with Gasteiger partial charge < -0.3 is 16.8 Å². The van der Waals surface area contributed by atoms with Crippen LogP contribution in [0.3, 0.4) is 0 Å². The molecule has 1 heterocycles. The van der Waals surface area contributed by atoms with Crippen molar-refractivity contribution in [2.75, 3.05) is 13.1 Å². The number of aryl methyl sites for hydroxylation is 1. The molecule has 1 aromatic heterocycles. The van der Waals surface area contributed by atoms with Crippen LogP contribution in [0.4, 0.5) is 0 Å². The van der Waals surface area contributed by atoms with E-state index < -0.39 is 5.91 Å². The number of amides is 2. The van der Waals surface area contributed by atoms with Gasteiger partial charge in [0.15, 0.2) is 0 Å². The molecule has 0 fully saturated rings. The van der Waals surface area contributed by atoms with Crippen molar-refractivity contribution in [2.45, 2.75) is 13.3 Å². The van der Waals surface area contributed by atoms with Gasteiger partial charge in [-0.05, 0) is 18.6 Å². The third kappa shape index (κ3) is 4.20. The third-order valence-corrected chi connectivity index (χ3v) is 3.25. The Bertz CT molecular complexity index is 511. The Balaban J connectivity index is 2.66. The van der Waals surface area contributed by atoms with Crippen LogP contribution in [-0.4, -0.2) is 24.9 Å². The number of thiophene rings is 1. The van der Waals surface area contributed by atoms with E-state index >= 15 is 0 Å². The molecule has 0 radical (unpaired) electrons. The Morgan fingerprint density at radius 2 is 2.22 bits per heavy atom. The third-order valence-electron chi connectivity index (χ3n) is 2.10. The zero-order chi connectivity index (χ0) is 13.5. The molecule has 0 bridgehead atoms. The summed E-state index contributed by atoms with van der Waals surface area (Å²) in [5.74, 6) is 5.01. The van der Waals surface area contributed by atoms with E-state index in [0.29, 0.717) is 4.88 Å². The van der Waals surface area contributed by atoms with Crippen molar-refractivity contribution in [1.29, 1.82) is 0 Å². The summed E-state index contributed by atoms with van der Waals surface area (Å²) in [7, 11) is 0. The fourth-order valence-electron chi connectivity index (χ4n) is 1.24. The minimum Gasteiger partial charge on any atom is -0.370 e. The molecule has 0 saturated heterocycles. The van der Waals surface area contributed by atoms with E-state index in [-0.39, 0.29) is 25.4 Å². The average molecular weight is 265 g/mol. The molecular weight excluding hydrogens is 250 g/mol. The molecule has 0 aliphatic heterocycles. The van der Waals surface area contributed by atoms with Crippen molar-refractivity contribution in [3.63, 3.8) is 0 Å². The predicted molar refractivity (Wildman–Crippen MR) is 71.1 cm³/mol. The molecule has 0 spiro atoms. The fraction of sp³-hybridized carbons (Fsp3) is 0.333. The first-order valence-electron chi connectivity index (χ1n) is 5.40. The lowest BCUT2D eigenvalue weighted by Gasteiger charge is -2.00. The van der Waals surface area contributed by atoms with E-state index in [0.717, 1.165) is 10.4 Å². The first-order valence-corrected chi connectivity index (χ1v) is 6.22. The topological polar surface area (TPSA) is 98.2 Å².